The summed E-state index contributed by atoms with van der Waals surface area (Å²) in [7, 11) is 0. The van der Waals surface area contributed by atoms with E-state index in [-0.39, 0.29) is 11.8 Å². The molecule has 0 atom stereocenters. The molecule has 5 heteroatoms. The monoisotopic (exact) mass is 389 g/mol. The molecule has 0 unspecified atom stereocenters. The van der Waals surface area contributed by atoms with E-state index < -0.39 is 0 Å². The zero-order chi connectivity index (χ0) is 20.1. The van der Waals surface area contributed by atoms with Crippen LogP contribution in [0.3, 0.4) is 0 Å². The number of urea groups is 1. The molecule has 148 valence electrons. The lowest BCUT2D eigenvalue weighted by Crippen LogP contribution is -2.49. The highest BCUT2D eigenvalue weighted by Crippen LogP contribution is 2.21. The Morgan fingerprint density at radius 3 is 2.07 bits per heavy atom. The van der Waals surface area contributed by atoms with E-state index in [4.69, 9.17) is 0 Å². The molecule has 0 radical (unpaired) electrons. The van der Waals surface area contributed by atoms with Gasteiger partial charge < -0.3 is 10.2 Å². The van der Waals surface area contributed by atoms with Crippen molar-refractivity contribution in [2.24, 2.45) is 0 Å². The Morgan fingerprint density at radius 1 is 0.793 bits per heavy atom. The average molecular weight is 389 g/mol. The largest absolute Gasteiger partial charge is 0.322 e. The molecule has 3 aromatic rings. The number of hydrogen-bond donors (Lipinski definition) is 1. The summed E-state index contributed by atoms with van der Waals surface area (Å²) in [4.78, 5) is 16.7. The van der Waals surface area contributed by atoms with Gasteiger partial charge in [-0.05, 0) is 41.0 Å². The number of halogens is 1. The molecular formula is C24H24FN3O. The van der Waals surface area contributed by atoms with Crippen LogP contribution in [-0.2, 0) is 6.54 Å². The van der Waals surface area contributed by atoms with Crippen molar-refractivity contribution in [2.75, 3.05) is 31.5 Å². The Morgan fingerprint density at radius 2 is 1.41 bits per heavy atom. The first-order chi connectivity index (χ1) is 14.2. The van der Waals surface area contributed by atoms with E-state index in [1.165, 1.54) is 12.1 Å². The molecule has 1 heterocycles. The number of rotatable bonds is 4. The molecule has 0 bridgehead atoms. The van der Waals surface area contributed by atoms with E-state index in [0.717, 1.165) is 42.0 Å². The first-order valence-corrected chi connectivity index (χ1v) is 9.85. The predicted octanol–water partition coefficient (Wildman–Crippen LogP) is 4.84. The Balaban J connectivity index is 1.28. The van der Waals surface area contributed by atoms with Crippen LogP contribution in [0.1, 0.15) is 5.56 Å². The molecule has 0 aromatic heterocycles. The Bertz CT molecular complexity index is 934. The highest BCUT2D eigenvalue weighted by Gasteiger charge is 2.21. The van der Waals surface area contributed by atoms with Crippen molar-refractivity contribution in [3.8, 4) is 11.1 Å². The number of hydrogen-bond acceptors (Lipinski definition) is 2. The second-order valence-electron chi connectivity index (χ2n) is 7.26. The maximum Gasteiger partial charge on any atom is 0.321 e. The third-order valence-corrected chi connectivity index (χ3v) is 5.22. The smallest absolute Gasteiger partial charge is 0.321 e. The van der Waals surface area contributed by atoms with Gasteiger partial charge in [0.2, 0.25) is 0 Å². The van der Waals surface area contributed by atoms with Crippen molar-refractivity contribution < 1.29 is 9.18 Å². The fourth-order valence-electron chi connectivity index (χ4n) is 3.54. The molecule has 29 heavy (non-hydrogen) atoms. The lowest BCUT2D eigenvalue weighted by molar-refractivity contribution is 0.143. The molecule has 0 saturated carbocycles. The summed E-state index contributed by atoms with van der Waals surface area (Å²) in [5.41, 5.74) is 4.16. The molecule has 1 saturated heterocycles. The molecule has 0 aliphatic carbocycles. The number of amides is 2. The maximum absolute atomic E-state index is 13.0. The van der Waals surface area contributed by atoms with Crippen LogP contribution in [0.25, 0.3) is 11.1 Å². The van der Waals surface area contributed by atoms with Crippen LogP contribution >= 0.6 is 0 Å². The summed E-state index contributed by atoms with van der Waals surface area (Å²) in [6.45, 7) is 3.73. The van der Waals surface area contributed by atoms with Gasteiger partial charge in [-0.3, -0.25) is 4.90 Å². The molecule has 0 spiro atoms. The van der Waals surface area contributed by atoms with Gasteiger partial charge in [0.15, 0.2) is 0 Å². The normalized spacial score (nSPS) is 14.6. The van der Waals surface area contributed by atoms with Crippen LogP contribution in [0.2, 0.25) is 0 Å². The molecule has 1 fully saturated rings. The van der Waals surface area contributed by atoms with Crippen LogP contribution in [0, 0.1) is 5.82 Å². The summed E-state index contributed by atoms with van der Waals surface area (Å²) >= 11 is 0. The highest BCUT2D eigenvalue weighted by atomic mass is 19.1. The SMILES string of the molecule is O=C(Nc1ccc(-c2ccccc2)cc1)N1CCN(Cc2ccc(F)cc2)CC1. The van der Waals surface area contributed by atoms with E-state index >= 15 is 0 Å². The van der Waals surface area contributed by atoms with Gasteiger partial charge in [0.25, 0.3) is 0 Å². The molecule has 4 rings (SSSR count). The first-order valence-electron chi connectivity index (χ1n) is 9.85. The predicted molar refractivity (Wildman–Crippen MR) is 114 cm³/mol. The molecular weight excluding hydrogens is 365 g/mol. The van der Waals surface area contributed by atoms with Crippen molar-refractivity contribution in [3.05, 3.63) is 90.2 Å². The molecule has 1 N–H and O–H groups in total. The average Bonchev–Trinajstić information content (AvgIpc) is 2.77. The van der Waals surface area contributed by atoms with Crippen molar-refractivity contribution in [2.45, 2.75) is 6.54 Å². The van der Waals surface area contributed by atoms with Crippen molar-refractivity contribution in [1.29, 1.82) is 0 Å². The van der Waals surface area contributed by atoms with Gasteiger partial charge in [-0.25, -0.2) is 9.18 Å². The Hall–Kier alpha value is -3.18. The molecule has 2 amide bonds. The van der Waals surface area contributed by atoms with Gasteiger partial charge in [-0.15, -0.1) is 0 Å². The van der Waals surface area contributed by atoms with Crippen LogP contribution in [0.15, 0.2) is 78.9 Å². The van der Waals surface area contributed by atoms with Gasteiger partial charge in [-0.2, -0.15) is 0 Å². The third kappa shape index (κ3) is 5.00. The fourth-order valence-corrected chi connectivity index (χ4v) is 3.54. The molecule has 1 aliphatic heterocycles. The second-order valence-corrected chi connectivity index (χ2v) is 7.26. The highest BCUT2D eigenvalue weighted by molar-refractivity contribution is 5.89. The number of anilines is 1. The minimum absolute atomic E-state index is 0.0705. The summed E-state index contributed by atoms with van der Waals surface area (Å²) in [6.07, 6.45) is 0. The number of nitrogens with one attached hydrogen (secondary N) is 1. The van der Waals surface area contributed by atoms with Crippen LogP contribution in [-0.4, -0.2) is 42.0 Å². The minimum atomic E-state index is -0.216. The van der Waals surface area contributed by atoms with E-state index in [1.54, 1.807) is 0 Å². The zero-order valence-corrected chi connectivity index (χ0v) is 16.2. The first kappa shape index (κ1) is 19.2. The maximum atomic E-state index is 13.0. The van der Waals surface area contributed by atoms with E-state index in [2.05, 4.69) is 22.3 Å². The lowest BCUT2D eigenvalue weighted by atomic mass is 10.1. The van der Waals surface area contributed by atoms with Gasteiger partial charge in [0.1, 0.15) is 5.82 Å². The van der Waals surface area contributed by atoms with Gasteiger partial charge in [0, 0.05) is 38.4 Å². The van der Waals surface area contributed by atoms with Crippen LogP contribution in [0.4, 0.5) is 14.9 Å². The third-order valence-electron chi connectivity index (χ3n) is 5.22. The van der Waals surface area contributed by atoms with E-state index in [0.29, 0.717) is 13.1 Å². The summed E-state index contributed by atoms with van der Waals surface area (Å²) < 4.78 is 13.0. The van der Waals surface area contributed by atoms with Crippen LogP contribution in [0.5, 0.6) is 0 Å². The number of piperazine rings is 1. The lowest BCUT2D eigenvalue weighted by Gasteiger charge is -2.34. The summed E-state index contributed by atoms with van der Waals surface area (Å²) in [5.74, 6) is -0.216. The Labute approximate surface area is 170 Å². The van der Waals surface area contributed by atoms with Crippen molar-refractivity contribution in [1.82, 2.24) is 9.80 Å². The zero-order valence-electron chi connectivity index (χ0n) is 16.2. The van der Waals surface area contributed by atoms with Gasteiger partial charge in [0.05, 0.1) is 0 Å². The van der Waals surface area contributed by atoms with Gasteiger partial charge >= 0.3 is 6.03 Å². The molecule has 1 aliphatic rings. The number of benzene rings is 3. The van der Waals surface area contributed by atoms with Gasteiger partial charge in [-0.1, -0.05) is 54.6 Å². The van der Waals surface area contributed by atoms with E-state index in [1.807, 2.05) is 59.5 Å². The number of nitrogens with zero attached hydrogens (tertiary/aromatic N) is 2. The summed E-state index contributed by atoms with van der Waals surface area (Å²) in [6, 6.07) is 24.6. The van der Waals surface area contributed by atoms with E-state index in [9.17, 15) is 9.18 Å². The van der Waals surface area contributed by atoms with Crippen molar-refractivity contribution >= 4 is 11.7 Å². The fraction of sp³-hybridized carbons (Fsp3) is 0.208. The van der Waals surface area contributed by atoms with Crippen molar-refractivity contribution in [3.63, 3.8) is 0 Å². The van der Waals surface area contributed by atoms with Crippen LogP contribution < -0.4 is 5.32 Å². The second kappa shape index (κ2) is 8.88. The molecule has 4 nitrogen and oxygen atoms in total. The topological polar surface area (TPSA) is 35.6 Å². The standard InChI is InChI=1S/C24H24FN3O/c25-22-10-6-19(7-11-22)18-27-14-16-28(17-15-27)24(29)26-23-12-8-21(9-13-23)20-4-2-1-3-5-20/h1-13H,14-18H2,(H,26,29). The number of carbonyl (C=O) groups excluding carboxylic acids is 1. The quantitative estimate of drug-likeness (QED) is 0.693. The summed E-state index contributed by atoms with van der Waals surface area (Å²) in [5, 5.41) is 2.99. The molecule has 3 aromatic carbocycles. The minimum Gasteiger partial charge on any atom is -0.322 e. The number of carbonyl (C=O) groups is 1. The Kier molecular flexibility index (Phi) is 5.86.